The molecule has 5 aromatic rings. The molecule has 8 heteroatoms. The Kier molecular flexibility index (Phi) is 7.45. The summed E-state index contributed by atoms with van der Waals surface area (Å²) >= 11 is 0. The second-order valence-electron chi connectivity index (χ2n) is 8.75. The highest BCUT2D eigenvalue weighted by Gasteiger charge is 2.17. The molecular weight excluding hydrogens is 488 g/mol. The van der Waals surface area contributed by atoms with Crippen molar-refractivity contribution in [2.24, 2.45) is 4.99 Å². The Morgan fingerprint density at radius 3 is 2.59 bits per heavy atom. The Labute approximate surface area is 226 Å². The number of hydrogen-bond donors (Lipinski definition) is 3. The number of hydrogen-bond acceptors (Lipinski definition) is 6. The number of aromatic amines is 1. The molecule has 194 valence electrons. The van der Waals surface area contributed by atoms with E-state index in [1.165, 1.54) is 0 Å². The maximum absolute atomic E-state index is 12.7. The molecule has 0 aliphatic rings. The van der Waals surface area contributed by atoms with E-state index >= 15 is 0 Å². The van der Waals surface area contributed by atoms with E-state index in [-0.39, 0.29) is 5.91 Å². The van der Waals surface area contributed by atoms with Crippen molar-refractivity contribution in [1.82, 2.24) is 25.6 Å². The Morgan fingerprint density at radius 2 is 1.87 bits per heavy atom. The Hall–Kier alpha value is -5.24. The molecule has 0 unspecified atom stereocenters. The molecule has 3 heterocycles. The summed E-state index contributed by atoms with van der Waals surface area (Å²) in [7, 11) is 1.66. The zero-order chi connectivity index (χ0) is 27.2. The number of benzene rings is 2. The van der Waals surface area contributed by atoms with Gasteiger partial charge in [-0.1, -0.05) is 24.8 Å². The lowest BCUT2D eigenvalue weighted by Crippen LogP contribution is -2.31. The smallest absolute Gasteiger partial charge is 0.251 e. The third-order valence-corrected chi connectivity index (χ3v) is 6.39. The Balaban J connectivity index is 1.45. The van der Waals surface area contributed by atoms with Gasteiger partial charge in [-0.2, -0.15) is 0 Å². The molecule has 0 radical (unpaired) electrons. The number of amides is 1. The summed E-state index contributed by atoms with van der Waals surface area (Å²) in [6.45, 7) is 8.09. The lowest BCUT2D eigenvalue weighted by atomic mass is 9.97. The van der Waals surface area contributed by atoms with Gasteiger partial charge in [0.25, 0.3) is 5.91 Å². The number of aromatic nitrogens is 3. The molecule has 0 aliphatic heterocycles. The second kappa shape index (κ2) is 11.4. The molecule has 3 N–H and O–H groups in total. The van der Waals surface area contributed by atoms with Crippen LogP contribution < -0.4 is 15.4 Å². The van der Waals surface area contributed by atoms with Crippen LogP contribution in [0, 0.1) is 0 Å². The maximum atomic E-state index is 12.7. The first kappa shape index (κ1) is 25.4. The normalized spacial score (nSPS) is 11.4. The quantitative estimate of drug-likeness (QED) is 0.129. The third kappa shape index (κ3) is 5.26. The zero-order valence-electron chi connectivity index (χ0n) is 21.6. The molecule has 2 aromatic carbocycles. The van der Waals surface area contributed by atoms with Crippen LogP contribution in [0.4, 0.5) is 0 Å². The zero-order valence-corrected chi connectivity index (χ0v) is 21.6. The first-order valence-corrected chi connectivity index (χ1v) is 12.4. The van der Waals surface area contributed by atoms with Crippen LogP contribution in [-0.4, -0.2) is 47.8 Å². The molecule has 0 fully saturated rings. The van der Waals surface area contributed by atoms with Crippen LogP contribution in [-0.2, 0) is 0 Å². The number of fused-ring (bicyclic) bond motifs is 3. The van der Waals surface area contributed by atoms with Crippen LogP contribution in [0.15, 0.2) is 103 Å². The minimum absolute atomic E-state index is 0.159. The number of pyridine rings is 2. The van der Waals surface area contributed by atoms with Gasteiger partial charge in [0.1, 0.15) is 11.6 Å². The molecule has 0 aliphatic carbocycles. The van der Waals surface area contributed by atoms with Crippen molar-refractivity contribution in [3.8, 4) is 28.1 Å². The van der Waals surface area contributed by atoms with Crippen LogP contribution in [0.3, 0.4) is 0 Å². The van der Waals surface area contributed by atoms with E-state index in [0.29, 0.717) is 24.5 Å². The highest BCUT2D eigenvalue weighted by molar-refractivity contribution is 6.16. The van der Waals surface area contributed by atoms with Gasteiger partial charge in [0.2, 0.25) is 0 Å². The van der Waals surface area contributed by atoms with E-state index in [2.05, 4.69) is 49.9 Å². The van der Waals surface area contributed by atoms with Gasteiger partial charge in [0.15, 0.2) is 0 Å². The fourth-order valence-corrected chi connectivity index (χ4v) is 4.54. The minimum atomic E-state index is -0.159. The summed E-state index contributed by atoms with van der Waals surface area (Å²) < 4.78 is 5.78. The van der Waals surface area contributed by atoms with Crippen molar-refractivity contribution in [3.63, 3.8) is 0 Å². The summed E-state index contributed by atoms with van der Waals surface area (Å²) in [6.07, 6.45) is 8.73. The van der Waals surface area contributed by atoms with Crippen LogP contribution in [0.5, 0.6) is 5.75 Å². The highest BCUT2D eigenvalue weighted by atomic mass is 16.5. The summed E-state index contributed by atoms with van der Waals surface area (Å²) in [5.74, 6) is 1.19. The van der Waals surface area contributed by atoms with Crippen molar-refractivity contribution < 1.29 is 9.53 Å². The van der Waals surface area contributed by atoms with Crippen molar-refractivity contribution >= 4 is 34.4 Å². The van der Waals surface area contributed by atoms with Crippen molar-refractivity contribution in [1.29, 1.82) is 0 Å². The van der Waals surface area contributed by atoms with Crippen molar-refractivity contribution in [2.45, 2.75) is 0 Å². The second-order valence-corrected chi connectivity index (χ2v) is 8.75. The van der Waals surface area contributed by atoms with Crippen LogP contribution in [0.1, 0.15) is 10.4 Å². The molecule has 0 spiro atoms. The van der Waals surface area contributed by atoms with Crippen LogP contribution in [0.2, 0.25) is 0 Å². The summed E-state index contributed by atoms with van der Waals surface area (Å²) in [4.78, 5) is 28.9. The predicted molar refractivity (Wildman–Crippen MR) is 157 cm³/mol. The third-order valence-electron chi connectivity index (χ3n) is 6.39. The van der Waals surface area contributed by atoms with Gasteiger partial charge >= 0.3 is 0 Å². The predicted octanol–water partition coefficient (Wildman–Crippen LogP) is 5.50. The SMILES string of the molecule is C=C/C=C(\N=C)NCCNC(=O)c1ccc(-c2c(OC)ccc3[nH]c4cnc(-c5cccnc5)cc4c23)cc1. The molecule has 39 heavy (non-hydrogen) atoms. The van der Waals surface area contributed by atoms with Gasteiger partial charge < -0.3 is 20.4 Å². The number of nitrogens with zero attached hydrogens (tertiary/aromatic N) is 3. The average Bonchev–Trinajstić information content (AvgIpc) is 3.36. The first-order chi connectivity index (χ1) is 19.1. The molecule has 0 saturated carbocycles. The number of methoxy groups -OCH3 is 1. The lowest BCUT2D eigenvalue weighted by Gasteiger charge is -2.12. The van der Waals surface area contributed by atoms with Gasteiger partial charge in [-0.15, -0.1) is 0 Å². The molecule has 8 nitrogen and oxygen atoms in total. The number of rotatable bonds is 10. The van der Waals surface area contributed by atoms with Gasteiger partial charge in [0, 0.05) is 58.5 Å². The Bertz CT molecular complexity index is 1690. The largest absolute Gasteiger partial charge is 0.496 e. The van der Waals surface area contributed by atoms with Gasteiger partial charge in [0.05, 0.1) is 24.5 Å². The van der Waals surface area contributed by atoms with Gasteiger partial charge in [-0.3, -0.25) is 14.8 Å². The van der Waals surface area contributed by atoms with E-state index < -0.39 is 0 Å². The van der Waals surface area contributed by atoms with Crippen LogP contribution >= 0.6 is 0 Å². The highest BCUT2D eigenvalue weighted by Crippen LogP contribution is 2.41. The molecule has 0 saturated heterocycles. The molecule has 0 bridgehead atoms. The minimum Gasteiger partial charge on any atom is -0.496 e. The monoisotopic (exact) mass is 516 g/mol. The fourth-order valence-electron chi connectivity index (χ4n) is 4.54. The summed E-state index contributed by atoms with van der Waals surface area (Å²) in [5, 5.41) is 8.06. The topological polar surface area (TPSA) is 104 Å². The number of aliphatic imine (C=N–C) groups is 1. The molecular formula is C31H28N6O2. The average molecular weight is 517 g/mol. The van der Waals surface area contributed by atoms with E-state index in [1.807, 2.05) is 54.7 Å². The van der Waals surface area contributed by atoms with E-state index in [0.717, 1.165) is 49.9 Å². The summed E-state index contributed by atoms with van der Waals surface area (Å²) in [5.41, 5.74) is 6.12. The molecule has 1 amide bonds. The van der Waals surface area contributed by atoms with E-state index in [1.54, 1.807) is 31.7 Å². The van der Waals surface area contributed by atoms with E-state index in [4.69, 9.17) is 4.74 Å². The standard InChI is InChI=1S/C31H28N6O2/c1-4-6-28(32-2)34-15-16-35-31(38)21-10-8-20(9-11-21)29-27(39-3)13-12-24-30(29)23-17-25(36-19-26(23)37-24)22-7-5-14-33-18-22/h4-14,17-19,34,37H,1-2,15-16H2,3H3,(H,35,38)/b28-6+. The lowest BCUT2D eigenvalue weighted by molar-refractivity contribution is 0.0954. The molecule has 3 aromatic heterocycles. The van der Waals surface area contributed by atoms with Crippen LogP contribution in [0.25, 0.3) is 44.2 Å². The molecule has 5 rings (SSSR count). The van der Waals surface area contributed by atoms with E-state index in [9.17, 15) is 4.79 Å². The Morgan fingerprint density at radius 1 is 1.05 bits per heavy atom. The number of carbonyl (C=O) groups is 1. The van der Waals surface area contributed by atoms with Crippen molar-refractivity contribution in [2.75, 3.05) is 20.2 Å². The maximum Gasteiger partial charge on any atom is 0.251 e. The first-order valence-electron chi connectivity index (χ1n) is 12.4. The molecule has 0 atom stereocenters. The number of ether oxygens (including phenoxy) is 1. The van der Waals surface area contributed by atoms with Gasteiger partial charge in [-0.05, 0) is 60.8 Å². The number of H-pyrrole nitrogens is 1. The number of carbonyl (C=O) groups excluding carboxylic acids is 1. The van der Waals surface area contributed by atoms with Crippen molar-refractivity contribution in [3.05, 3.63) is 103 Å². The van der Waals surface area contributed by atoms with Gasteiger partial charge in [-0.25, -0.2) is 4.99 Å². The summed E-state index contributed by atoms with van der Waals surface area (Å²) in [6, 6.07) is 17.4. The fraction of sp³-hybridized carbons (Fsp3) is 0.0968. The number of allylic oxidation sites excluding steroid dienone is 2. The number of nitrogens with one attached hydrogen (secondary N) is 3.